The highest BCUT2D eigenvalue weighted by atomic mass is 16.6. The van der Waals surface area contributed by atoms with Crippen molar-refractivity contribution in [1.29, 1.82) is 0 Å². The fourth-order valence-corrected chi connectivity index (χ4v) is 2.00. The van der Waals surface area contributed by atoms with Crippen LogP contribution in [0, 0.1) is 17.0 Å². The molecule has 0 aliphatic heterocycles. The zero-order valence-corrected chi connectivity index (χ0v) is 10.9. The minimum atomic E-state index is -0.554. The van der Waals surface area contributed by atoms with Gasteiger partial charge in [0.25, 0.3) is 0 Å². The van der Waals surface area contributed by atoms with Crippen molar-refractivity contribution in [2.45, 2.75) is 6.92 Å². The van der Waals surface area contributed by atoms with Gasteiger partial charge >= 0.3 is 5.69 Å². The maximum Gasteiger partial charge on any atom is 0.334 e. The van der Waals surface area contributed by atoms with Crippen molar-refractivity contribution in [1.82, 2.24) is 25.0 Å². The summed E-state index contributed by atoms with van der Waals surface area (Å²) in [7, 11) is 0. The molecule has 0 bridgehead atoms. The first-order valence-corrected chi connectivity index (χ1v) is 5.92. The van der Waals surface area contributed by atoms with Gasteiger partial charge in [0.15, 0.2) is 0 Å². The number of para-hydroxylation sites is 1. The van der Waals surface area contributed by atoms with E-state index in [9.17, 15) is 10.1 Å². The lowest BCUT2D eigenvalue weighted by Crippen LogP contribution is -2.15. The van der Waals surface area contributed by atoms with Gasteiger partial charge in [-0.2, -0.15) is 9.67 Å². The zero-order chi connectivity index (χ0) is 15.0. The SMILES string of the molecule is Cc1nc(NN)nc(-n2nnc3ccccc32)c1[N+](=O)[O-]. The average molecular weight is 286 g/mol. The number of fused-ring (bicyclic) bond motifs is 1. The van der Waals surface area contributed by atoms with Gasteiger partial charge in [-0.3, -0.25) is 15.5 Å². The van der Waals surface area contributed by atoms with Gasteiger partial charge in [-0.25, -0.2) is 10.8 Å². The lowest BCUT2D eigenvalue weighted by Gasteiger charge is -2.07. The summed E-state index contributed by atoms with van der Waals surface area (Å²) in [6, 6.07) is 7.07. The number of hydrazine groups is 1. The predicted molar refractivity (Wildman–Crippen MR) is 73.7 cm³/mol. The molecule has 0 spiro atoms. The van der Waals surface area contributed by atoms with Gasteiger partial charge in [-0.15, -0.1) is 5.10 Å². The molecule has 0 aliphatic carbocycles. The Morgan fingerprint density at radius 3 is 2.81 bits per heavy atom. The van der Waals surface area contributed by atoms with Crippen molar-refractivity contribution in [2.24, 2.45) is 5.84 Å². The zero-order valence-electron chi connectivity index (χ0n) is 10.9. The predicted octanol–water partition coefficient (Wildman–Crippen LogP) is 0.713. The van der Waals surface area contributed by atoms with Gasteiger partial charge in [-0.05, 0) is 19.1 Å². The number of rotatable bonds is 3. The van der Waals surface area contributed by atoms with Gasteiger partial charge in [0.05, 0.1) is 10.4 Å². The van der Waals surface area contributed by atoms with Crippen molar-refractivity contribution >= 4 is 22.7 Å². The number of aryl methyl sites for hydroxylation is 1. The third-order valence-corrected chi connectivity index (χ3v) is 2.90. The molecular formula is C11H10N8O2. The number of benzene rings is 1. The Morgan fingerprint density at radius 1 is 1.33 bits per heavy atom. The Hall–Kier alpha value is -3.14. The maximum atomic E-state index is 11.3. The smallest absolute Gasteiger partial charge is 0.292 e. The quantitative estimate of drug-likeness (QED) is 0.408. The molecule has 10 heteroatoms. The van der Waals surface area contributed by atoms with E-state index in [-0.39, 0.29) is 23.1 Å². The molecule has 2 heterocycles. The van der Waals surface area contributed by atoms with Crippen LogP contribution in [0.4, 0.5) is 11.6 Å². The fourth-order valence-electron chi connectivity index (χ4n) is 2.00. The van der Waals surface area contributed by atoms with Crippen molar-refractivity contribution < 1.29 is 4.92 Å². The summed E-state index contributed by atoms with van der Waals surface area (Å²) in [5.74, 6) is 5.36. The number of hydrogen-bond acceptors (Lipinski definition) is 8. The number of nitro groups is 1. The molecule has 106 valence electrons. The third kappa shape index (κ3) is 2.03. The van der Waals surface area contributed by atoms with Crippen molar-refractivity contribution in [3.05, 3.63) is 40.1 Å². The first-order valence-electron chi connectivity index (χ1n) is 5.92. The number of hydrogen-bond donors (Lipinski definition) is 2. The summed E-state index contributed by atoms with van der Waals surface area (Å²) in [6.45, 7) is 1.50. The summed E-state index contributed by atoms with van der Waals surface area (Å²) in [5.41, 5.74) is 3.41. The second-order valence-electron chi connectivity index (χ2n) is 4.20. The Labute approximate surface area is 117 Å². The second-order valence-corrected chi connectivity index (χ2v) is 4.20. The van der Waals surface area contributed by atoms with Crippen LogP contribution in [0.15, 0.2) is 24.3 Å². The second kappa shape index (κ2) is 4.76. The van der Waals surface area contributed by atoms with Crippen molar-refractivity contribution in [3.63, 3.8) is 0 Å². The number of nitrogens with zero attached hydrogens (tertiary/aromatic N) is 6. The molecule has 0 amide bonds. The van der Waals surface area contributed by atoms with Gasteiger partial charge in [0.2, 0.25) is 11.8 Å². The minimum absolute atomic E-state index is 0.00847. The summed E-state index contributed by atoms with van der Waals surface area (Å²) < 4.78 is 1.29. The molecule has 10 nitrogen and oxygen atoms in total. The van der Waals surface area contributed by atoms with E-state index in [2.05, 4.69) is 25.7 Å². The molecule has 1 aromatic carbocycles. The summed E-state index contributed by atoms with van der Waals surface area (Å²) in [4.78, 5) is 18.7. The van der Waals surface area contributed by atoms with E-state index in [4.69, 9.17) is 5.84 Å². The van der Waals surface area contributed by atoms with Gasteiger partial charge in [-0.1, -0.05) is 17.3 Å². The molecule has 21 heavy (non-hydrogen) atoms. The van der Waals surface area contributed by atoms with Crippen LogP contribution in [-0.2, 0) is 0 Å². The largest absolute Gasteiger partial charge is 0.334 e. The van der Waals surface area contributed by atoms with E-state index in [0.717, 1.165) is 0 Å². The summed E-state index contributed by atoms with van der Waals surface area (Å²) in [5, 5.41) is 19.2. The normalized spacial score (nSPS) is 10.8. The van der Waals surface area contributed by atoms with Crippen LogP contribution in [0.3, 0.4) is 0 Å². The molecule has 3 rings (SSSR count). The molecular weight excluding hydrogens is 276 g/mol. The average Bonchev–Trinajstić information content (AvgIpc) is 2.89. The standard InChI is InChI=1S/C11H10N8O2/c1-6-9(19(20)21)10(14-11(13-6)15-12)18-8-5-3-2-4-7(8)16-17-18/h2-5H,12H2,1H3,(H,13,14,15). The third-order valence-electron chi connectivity index (χ3n) is 2.90. The molecule has 2 aromatic heterocycles. The molecule has 3 aromatic rings. The van der Waals surface area contributed by atoms with Crippen LogP contribution in [0.25, 0.3) is 16.9 Å². The topological polar surface area (TPSA) is 138 Å². The van der Waals surface area contributed by atoms with Crippen LogP contribution in [0.5, 0.6) is 0 Å². The maximum absolute atomic E-state index is 11.3. The van der Waals surface area contributed by atoms with E-state index < -0.39 is 4.92 Å². The first kappa shape index (κ1) is 12.9. The van der Waals surface area contributed by atoms with Crippen LogP contribution in [-0.4, -0.2) is 29.9 Å². The van der Waals surface area contributed by atoms with Crippen LogP contribution in [0.1, 0.15) is 5.69 Å². The molecule has 0 unspecified atom stereocenters. The van der Waals surface area contributed by atoms with Crippen LogP contribution >= 0.6 is 0 Å². The van der Waals surface area contributed by atoms with E-state index in [1.807, 2.05) is 0 Å². The van der Waals surface area contributed by atoms with Crippen LogP contribution < -0.4 is 11.3 Å². The fraction of sp³-hybridized carbons (Fsp3) is 0.0909. The Balaban J connectivity index is 2.35. The molecule has 0 radical (unpaired) electrons. The van der Waals surface area contributed by atoms with E-state index in [0.29, 0.717) is 11.0 Å². The van der Waals surface area contributed by atoms with Crippen molar-refractivity contribution in [2.75, 3.05) is 5.43 Å². The Bertz CT molecular complexity index is 843. The summed E-state index contributed by atoms with van der Waals surface area (Å²) >= 11 is 0. The number of nitrogen functional groups attached to an aromatic ring is 1. The molecule has 3 N–H and O–H groups in total. The van der Waals surface area contributed by atoms with Crippen molar-refractivity contribution in [3.8, 4) is 5.82 Å². The minimum Gasteiger partial charge on any atom is -0.292 e. The summed E-state index contributed by atoms with van der Waals surface area (Å²) in [6.07, 6.45) is 0. The Morgan fingerprint density at radius 2 is 2.10 bits per heavy atom. The first-order chi connectivity index (χ1) is 10.1. The number of nitrogens with one attached hydrogen (secondary N) is 1. The highest BCUT2D eigenvalue weighted by Gasteiger charge is 2.25. The molecule has 0 saturated heterocycles. The Kier molecular flexibility index (Phi) is 2.92. The number of anilines is 1. The lowest BCUT2D eigenvalue weighted by molar-refractivity contribution is -0.385. The molecule has 0 aliphatic rings. The molecule has 0 atom stereocenters. The number of aromatic nitrogens is 5. The van der Waals surface area contributed by atoms with Crippen LogP contribution in [0.2, 0.25) is 0 Å². The molecule has 0 fully saturated rings. The van der Waals surface area contributed by atoms with Gasteiger partial charge in [0, 0.05) is 0 Å². The van der Waals surface area contributed by atoms with Gasteiger partial charge < -0.3 is 0 Å². The van der Waals surface area contributed by atoms with Gasteiger partial charge in [0.1, 0.15) is 11.2 Å². The van der Waals surface area contributed by atoms with E-state index in [1.165, 1.54) is 11.6 Å². The highest BCUT2D eigenvalue weighted by molar-refractivity contribution is 5.76. The lowest BCUT2D eigenvalue weighted by atomic mass is 10.3. The highest BCUT2D eigenvalue weighted by Crippen LogP contribution is 2.26. The monoisotopic (exact) mass is 286 g/mol. The van der Waals surface area contributed by atoms with E-state index in [1.54, 1.807) is 24.3 Å². The molecule has 0 saturated carbocycles. The number of nitrogens with two attached hydrogens (primary N) is 1. The van der Waals surface area contributed by atoms with E-state index >= 15 is 0 Å².